The lowest BCUT2D eigenvalue weighted by atomic mass is 10.1. The average molecular weight is 478 g/mol. The second kappa shape index (κ2) is 14.6. The number of rotatable bonds is 13. The summed E-state index contributed by atoms with van der Waals surface area (Å²) in [6.45, 7) is 11.7. The van der Waals surface area contributed by atoms with E-state index in [-0.39, 0.29) is 12.4 Å². The number of hydrogen-bond acceptors (Lipinski definition) is 6. The van der Waals surface area contributed by atoms with Crippen LogP contribution in [0.15, 0.2) is 24.4 Å². The molecule has 1 saturated heterocycles. The van der Waals surface area contributed by atoms with E-state index in [1.54, 1.807) is 7.11 Å². The Morgan fingerprint density at radius 2 is 1.64 bits per heavy atom. The molecule has 1 aromatic heterocycles. The molecule has 0 saturated carbocycles. The number of ether oxygens (including phenoxy) is 1. The lowest BCUT2D eigenvalue weighted by molar-refractivity contribution is 0.127. The molecule has 186 valence electrons. The SMILES string of the molecule is COc1cc(NCCCCCCN2CCN(CCCN(C)C)CC2)c2nccc(C)c2c1.Cl. The van der Waals surface area contributed by atoms with Crippen molar-refractivity contribution in [1.82, 2.24) is 19.7 Å². The molecule has 1 aliphatic heterocycles. The van der Waals surface area contributed by atoms with Crippen LogP contribution in [0, 0.1) is 6.92 Å². The van der Waals surface area contributed by atoms with E-state index >= 15 is 0 Å². The van der Waals surface area contributed by atoms with E-state index in [1.165, 1.54) is 83.5 Å². The van der Waals surface area contributed by atoms with Crippen LogP contribution in [0.25, 0.3) is 10.9 Å². The van der Waals surface area contributed by atoms with Gasteiger partial charge < -0.3 is 24.8 Å². The minimum Gasteiger partial charge on any atom is -0.497 e. The Morgan fingerprint density at radius 3 is 2.30 bits per heavy atom. The van der Waals surface area contributed by atoms with Gasteiger partial charge in [0.2, 0.25) is 0 Å². The molecule has 7 heteroatoms. The van der Waals surface area contributed by atoms with Crippen molar-refractivity contribution in [2.45, 2.75) is 39.0 Å². The predicted molar refractivity (Wildman–Crippen MR) is 143 cm³/mol. The Hall–Kier alpha value is -1.60. The summed E-state index contributed by atoms with van der Waals surface area (Å²) in [5, 5.41) is 4.76. The monoisotopic (exact) mass is 477 g/mol. The van der Waals surface area contributed by atoms with Crippen LogP contribution in [-0.4, -0.2) is 93.2 Å². The molecule has 0 atom stereocenters. The molecule has 1 fully saturated rings. The van der Waals surface area contributed by atoms with Gasteiger partial charge in [0.05, 0.1) is 18.3 Å². The molecule has 0 amide bonds. The molecule has 2 heterocycles. The van der Waals surface area contributed by atoms with E-state index in [9.17, 15) is 0 Å². The highest BCUT2D eigenvalue weighted by molar-refractivity contribution is 5.93. The highest BCUT2D eigenvalue weighted by Gasteiger charge is 2.15. The van der Waals surface area contributed by atoms with E-state index in [0.717, 1.165) is 28.9 Å². The molecule has 0 unspecified atom stereocenters. The van der Waals surface area contributed by atoms with Crippen molar-refractivity contribution in [3.8, 4) is 5.75 Å². The number of aryl methyl sites for hydroxylation is 1. The number of pyridine rings is 1. The van der Waals surface area contributed by atoms with Crippen molar-refractivity contribution in [2.75, 3.05) is 78.9 Å². The first kappa shape index (κ1) is 27.6. The molecule has 33 heavy (non-hydrogen) atoms. The van der Waals surface area contributed by atoms with Crippen molar-refractivity contribution >= 4 is 29.0 Å². The summed E-state index contributed by atoms with van der Waals surface area (Å²) in [7, 11) is 6.04. The zero-order valence-electron chi connectivity index (χ0n) is 21.1. The summed E-state index contributed by atoms with van der Waals surface area (Å²) < 4.78 is 5.49. The van der Waals surface area contributed by atoms with Crippen LogP contribution in [0.3, 0.4) is 0 Å². The van der Waals surface area contributed by atoms with Gasteiger partial charge in [0, 0.05) is 50.4 Å². The Bertz CT molecular complexity index is 824. The van der Waals surface area contributed by atoms with Crippen molar-refractivity contribution in [3.05, 3.63) is 30.0 Å². The Labute approximate surface area is 207 Å². The van der Waals surface area contributed by atoms with E-state index in [2.05, 4.69) is 64.2 Å². The van der Waals surface area contributed by atoms with Crippen LogP contribution in [0.2, 0.25) is 0 Å². The van der Waals surface area contributed by atoms with Gasteiger partial charge in [-0.2, -0.15) is 0 Å². The first-order valence-corrected chi connectivity index (χ1v) is 12.3. The Balaban J connectivity index is 0.00000385. The number of unbranched alkanes of at least 4 members (excludes halogenated alkanes) is 3. The van der Waals surface area contributed by atoms with Crippen molar-refractivity contribution in [2.24, 2.45) is 0 Å². The molecule has 2 aromatic rings. The number of aromatic nitrogens is 1. The summed E-state index contributed by atoms with van der Waals surface area (Å²) in [5.74, 6) is 0.883. The van der Waals surface area contributed by atoms with Crippen molar-refractivity contribution in [1.29, 1.82) is 0 Å². The molecule has 0 bridgehead atoms. The van der Waals surface area contributed by atoms with Crippen LogP contribution in [0.1, 0.15) is 37.7 Å². The second-order valence-corrected chi connectivity index (χ2v) is 9.38. The van der Waals surface area contributed by atoms with Gasteiger partial charge in [0.1, 0.15) is 5.75 Å². The molecule has 1 aromatic carbocycles. The van der Waals surface area contributed by atoms with Crippen LogP contribution in [-0.2, 0) is 0 Å². The quantitative estimate of drug-likeness (QED) is 0.428. The lowest BCUT2D eigenvalue weighted by Gasteiger charge is -2.34. The fraction of sp³-hybridized carbons (Fsp3) is 0.654. The third-order valence-corrected chi connectivity index (χ3v) is 6.53. The largest absolute Gasteiger partial charge is 0.497 e. The molecule has 0 spiro atoms. The van der Waals surface area contributed by atoms with Crippen molar-refractivity contribution < 1.29 is 4.74 Å². The minimum atomic E-state index is 0. The smallest absolute Gasteiger partial charge is 0.121 e. The minimum absolute atomic E-state index is 0. The highest BCUT2D eigenvalue weighted by Crippen LogP contribution is 2.29. The molecule has 1 aliphatic rings. The highest BCUT2D eigenvalue weighted by atomic mass is 35.5. The third kappa shape index (κ3) is 8.93. The topological polar surface area (TPSA) is 43.9 Å². The zero-order valence-corrected chi connectivity index (χ0v) is 21.9. The molecule has 6 nitrogen and oxygen atoms in total. The average Bonchev–Trinajstić information content (AvgIpc) is 2.79. The summed E-state index contributed by atoms with van der Waals surface area (Å²) in [6.07, 6.45) is 8.24. The summed E-state index contributed by atoms with van der Waals surface area (Å²) in [5.41, 5.74) is 3.34. The predicted octanol–water partition coefficient (Wildman–Crippen LogP) is 4.52. The number of anilines is 1. The Kier molecular flexibility index (Phi) is 12.2. The first-order valence-electron chi connectivity index (χ1n) is 12.3. The molecule has 0 radical (unpaired) electrons. The van der Waals surface area contributed by atoms with E-state index in [0.29, 0.717) is 0 Å². The summed E-state index contributed by atoms with van der Waals surface area (Å²) in [6, 6.07) is 6.19. The maximum Gasteiger partial charge on any atom is 0.121 e. The molecule has 0 aliphatic carbocycles. The van der Waals surface area contributed by atoms with Crippen LogP contribution < -0.4 is 10.1 Å². The number of fused-ring (bicyclic) bond motifs is 1. The number of halogens is 1. The molecule has 3 rings (SSSR count). The Morgan fingerprint density at radius 1 is 0.970 bits per heavy atom. The number of nitrogens with zero attached hydrogens (tertiary/aromatic N) is 4. The maximum absolute atomic E-state index is 5.49. The zero-order chi connectivity index (χ0) is 22.8. The molecular formula is C26H44ClN5O. The van der Waals surface area contributed by atoms with Gasteiger partial charge in [-0.1, -0.05) is 12.8 Å². The second-order valence-electron chi connectivity index (χ2n) is 9.38. The van der Waals surface area contributed by atoms with Gasteiger partial charge in [-0.15, -0.1) is 12.4 Å². The van der Waals surface area contributed by atoms with Crippen LogP contribution in [0.5, 0.6) is 5.75 Å². The number of methoxy groups -OCH3 is 1. The van der Waals surface area contributed by atoms with Gasteiger partial charge in [0.15, 0.2) is 0 Å². The maximum atomic E-state index is 5.49. The first-order chi connectivity index (χ1) is 15.6. The molecular weight excluding hydrogens is 434 g/mol. The number of hydrogen-bond donors (Lipinski definition) is 1. The standard InChI is InChI=1S/C26H43N5O.ClH/c1-22-10-12-28-26-24(22)20-23(32-4)21-25(26)27-11-7-5-6-8-14-30-16-18-31(19-17-30)15-9-13-29(2)3;/h10,12,20-21,27H,5-9,11,13-19H2,1-4H3;1H. The van der Waals surface area contributed by atoms with Crippen LogP contribution in [0.4, 0.5) is 5.69 Å². The number of nitrogens with one attached hydrogen (secondary N) is 1. The fourth-order valence-electron chi connectivity index (χ4n) is 4.50. The van der Waals surface area contributed by atoms with Gasteiger partial charge in [0.25, 0.3) is 0 Å². The summed E-state index contributed by atoms with van der Waals surface area (Å²) in [4.78, 5) is 12.2. The number of benzene rings is 1. The number of piperazine rings is 1. The fourth-order valence-corrected chi connectivity index (χ4v) is 4.50. The summed E-state index contributed by atoms with van der Waals surface area (Å²) >= 11 is 0. The van der Waals surface area contributed by atoms with Gasteiger partial charge in [-0.25, -0.2) is 0 Å². The van der Waals surface area contributed by atoms with Gasteiger partial charge in [-0.05, 0) is 77.6 Å². The lowest BCUT2D eigenvalue weighted by Crippen LogP contribution is -2.47. The van der Waals surface area contributed by atoms with E-state index in [4.69, 9.17) is 4.74 Å². The third-order valence-electron chi connectivity index (χ3n) is 6.53. The van der Waals surface area contributed by atoms with Gasteiger partial charge in [-0.3, -0.25) is 4.98 Å². The van der Waals surface area contributed by atoms with E-state index in [1.807, 2.05) is 6.20 Å². The van der Waals surface area contributed by atoms with Crippen molar-refractivity contribution in [3.63, 3.8) is 0 Å². The van der Waals surface area contributed by atoms with E-state index < -0.39 is 0 Å². The normalized spacial score (nSPS) is 15.1. The van der Waals surface area contributed by atoms with Gasteiger partial charge >= 0.3 is 0 Å². The van der Waals surface area contributed by atoms with Crippen LogP contribution >= 0.6 is 12.4 Å². The molecule has 1 N–H and O–H groups in total.